The second kappa shape index (κ2) is 6.39. The van der Waals surface area contributed by atoms with Crippen LogP contribution in [0.25, 0.3) is 11.3 Å². The first kappa shape index (κ1) is 15.0. The Bertz CT molecular complexity index is 688. The Labute approximate surface area is 119 Å². The molecular weight excluding hydrogens is 281 g/mol. The van der Waals surface area contributed by atoms with E-state index in [2.05, 4.69) is 10.3 Å². The van der Waals surface area contributed by atoms with Crippen molar-refractivity contribution >= 4 is 0 Å². The van der Waals surface area contributed by atoms with E-state index < -0.39 is 17.5 Å². The van der Waals surface area contributed by atoms with Crippen LogP contribution in [0.4, 0.5) is 13.2 Å². The lowest BCUT2D eigenvalue weighted by molar-refractivity contribution is 0.447. The van der Waals surface area contributed by atoms with Gasteiger partial charge in [-0.05, 0) is 18.6 Å². The van der Waals surface area contributed by atoms with Gasteiger partial charge >= 0.3 is 0 Å². The number of halogens is 3. The molecule has 7 heteroatoms. The van der Waals surface area contributed by atoms with Gasteiger partial charge in [-0.1, -0.05) is 25.0 Å². The van der Waals surface area contributed by atoms with Crippen LogP contribution >= 0.6 is 0 Å². The van der Waals surface area contributed by atoms with Crippen molar-refractivity contribution in [2.24, 2.45) is 0 Å². The van der Waals surface area contributed by atoms with Crippen molar-refractivity contribution in [3.63, 3.8) is 0 Å². The molecule has 0 unspecified atom stereocenters. The third-order valence-corrected chi connectivity index (χ3v) is 3.10. The molecule has 0 saturated carbocycles. The summed E-state index contributed by atoms with van der Waals surface area (Å²) in [4.78, 5) is 0. The summed E-state index contributed by atoms with van der Waals surface area (Å²) >= 11 is 0. The molecule has 1 aromatic carbocycles. The first-order chi connectivity index (χ1) is 10.1. The van der Waals surface area contributed by atoms with Crippen molar-refractivity contribution in [3.05, 3.63) is 35.3 Å². The number of rotatable bonds is 5. The average Bonchev–Trinajstić information content (AvgIpc) is 2.88. The maximum Gasteiger partial charge on any atom is 0.195 e. The molecule has 0 N–H and O–H groups in total. The Kier molecular flexibility index (Phi) is 4.58. The summed E-state index contributed by atoms with van der Waals surface area (Å²) in [7, 11) is 0. The summed E-state index contributed by atoms with van der Waals surface area (Å²) in [6, 6.07) is 3.69. The lowest BCUT2D eigenvalue weighted by atomic mass is 10.1. The highest BCUT2D eigenvalue weighted by Crippen LogP contribution is 2.27. The third kappa shape index (κ3) is 2.89. The van der Waals surface area contributed by atoms with Crippen molar-refractivity contribution < 1.29 is 13.2 Å². The van der Waals surface area contributed by atoms with Gasteiger partial charge in [0.2, 0.25) is 0 Å². The van der Waals surface area contributed by atoms with Gasteiger partial charge in [0, 0.05) is 12.1 Å². The molecule has 0 fully saturated rings. The van der Waals surface area contributed by atoms with E-state index in [1.807, 2.05) is 6.92 Å². The second-order valence-electron chi connectivity index (χ2n) is 4.55. The number of nitriles is 1. The van der Waals surface area contributed by atoms with E-state index in [4.69, 9.17) is 5.26 Å². The number of aromatic nitrogens is 3. The summed E-state index contributed by atoms with van der Waals surface area (Å²) in [6.07, 6.45) is 2.68. The van der Waals surface area contributed by atoms with Crippen LogP contribution in [-0.2, 0) is 6.54 Å². The highest BCUT2D eigenvalue weighted by molar-refractivity contribution is 5.65. The Morgan fingerprint density at radius 1 is 1.19 bits per heavy atom. The van der Waals surface area contributed by atoms with Crippen LogP contribution in [-0.4, -0.2) is 15.0 Å². The molecule has 1 heterocycles. The van der Waals surface area contributed by atoms with E-state index in [-0.39, 0.29) is 17.0 Å². The molecule has 0 atom stereocenters. The zero-order chi connectivity index (χ0) is 15.4. The number of aryl methyl sites for hydroxylation is 1. The second-order valence-corrected chi connectivity index (χ2v) is 4.55. The summed E-state index contributed by atoms with van der Waals surface area (Å²) < 4.78 is 41.7. The number of hydrogen-bond donors (Lipinski definition) is 0. The van der Waals surface area contributed by atoms with E-state index in [9.17, 15) is 13.2 Å². The van der Waals surface area contributed by atoms with Crippen molar-refractivity contribution in [1.29, 1.82) is 5.26 Å². The lowest BCUT2D eigenvalue weighted by Crippen LogP contribution is -2.05. The highest BCUT2D eigenvalue weighted by atomic mass is 19.2. The highest BCUT2D eigenvalue weighted by Gasteiger charge is 2.22. The van der Waals surface area contributed by atoms with Crippen LogP contribution in [0, 0.1) is 28.8 Å². The van der Waals surface area contributed by atoms with Crippen LogP contribution in [0.1, 0.15) is 31.9 Å². The minimum atomic E-state index is -1.57. The molecular formula is C14H13F3N4. The molecule has 0 aliphatic rings. The first-order valence-corrected chi connectivity index (χ1v) is 6.57. The van der Waals surface area contributed by atoms with E-state index in [0.717, 1.165) is 31.4 Å². The fraction of sp³-hybridized carbons (Fsp3) is 0.357. The van der Waals surface area contributed by atoms with Gasteiger partial charge in [0.05, 0.1) is 0 Å². The average molecular weight is 294 g/mol. The first-order valence-electron chi connectivity index (χ1n) is 6.57. The number of unbranched alkanes of at least 4 members (excludes halogenated alkanes) is 2. The van der Waals surface area contributed by atoms with E-state index in [0.29, 0.717) is 6.54 Å². The Morgan fingerprint density at radius 3 is 2.62 bits per heavy atom. The smallest absolute Gasteiger partial charge is 0.195 e. The largest absolute Gasteiger partial charge is 0.243 e. The third-order valence-electron chi connectivity index (χ3n) is 3.10. The normalized spacial score (nSPS) is 10.6. The van der Waals surface area contributed by atoms with Gasteiger partial charge < -0.3 is 0 Å². The predicted molar refractivity (Wildman–Crippen MR) is 69.6 cm³/mol. The molecule has 0 radical (unpaired) electrons. The van der Waals surface area contributed by atoms with Crippen LogP contribution in [0.2, 0.25) is 0 Å². The zero-order valence-corrected chi connectivity index (χ0v) is 11.4. The molecule has 0 aliphatic heterocycles. The molecule has 21 heavy (non-hydrogen) atoms. The summed E-state index contributed by atoms with van der Waals surface area (Å²) in [6.45, 7) is 2.45. The van der Waals surface area contributed by atoms with Gasteiger partial charge in [0.15, 0.2) is 23.1 Å². The van der Waals surface area contributed by atoms with E-state index in [1.165, 1.54) is 4.68 Å². The van der Waals surface area contributed by atoms with Gasteiger partial charge in [-0.25, -0.2) is 17.9 Å². The van der Waals surface area contributed by atoms with E-state index >= 15 is 0 Å². The molecule has 0 spiro atoms. The van der Waals surface area contributed by atoms with Crippen LogP contribution in [0.5, 0.6) is 0 Å². The van der Waals surface area contributed by atoms with Crippen molar-refractivity contribution in [2.75, 3.05) is 0 Å². The van der Waals surface area contributed by atoms with E-state index in [1.54, 1.807) is 6.07 Å². The Balaban J connectivity index is 2.50. The minimum Gasteiger partial charge on any atom is -0.243 e. The fourth-order valence-corrected chi connectivity index (χ4v) is 2.03. The monoisotopic (exact) mass is 294 g/mol. The maximum absolute atomic E-state index is 13.9. The number of benzene rings is 1. The molecule has 0 bridgehead atoms. The van der Waals surface area contributed by atoms with Gasteiger partial charge in [0.1, 0.15) is 11.8 Å². The number of nitrogens with zero attached hydrogens (tertiary/aromatic N) is 4. The van der Waals surface area contributed by atoms with Crippen LogP contribution in [0.15, 0.2) is 12.1 Å². The SMILES string of the molecule is CCCCCn1nnc(C#N)c1-c1ccc(F)c(F)c1F. The van der Waals surface area contributed by atoms with Crippen molar-refractivity contribution in [1.82, 2.24) is 15.0 Å². The topological polar surface area (TPSA) is 54.5 Å². The maximum atomic E-state index is 13.9. The Hall–Kier alpha value is -2.36. The molecule has 0 amide bonds. The predicted octanol–water partition coefficient (Wildman–Crippen LogP) is 3.42. The number of hydrogen-bond acceptors (Lipinski definition) is 3. The van der Waals surface area contributed by atoms with Gasteiger partial charge in [0.25, 0.3) is 0 Å². The Morgan fingerprint density at radius 2 is 1.95 bits per heavy atom. The molecule has 0 saturated heterocycles. The zero-order valence-electron chi connectivity index (χ0n) is 11.4. The molecule has 110 valence electrons. The van der Waals surface area contributed by atoms with Gasteiger partial charge in [-0.2, -0.15) is 5.26 Å². The molecule has 2 aromatic rings. The molecule has 0 aliphatic carbocycles. The van der Waals surface area contributed by atoms with Gasteiger partial charge in [-0.3, -0.25) is 0 Å². The summed E-state index contributed by atoms with van der Waals surface area (Å²) in [5, 5.41) is 16.5. The fourth-order valence-electron chi connectivity index (χ4n) is 2.03. The molecule has 1 aromatic heterocycles. The minimum absolute atomic E-state index is 0.0741. The summed E-state index contributed by atoms with van der Waals surface area (Å²) in [5.41, 5.74) is -0.256. The van der Waals surface area contributed by atoms with Gasteiger partial charge in [-0.15, -0.1) is 5.10 Å². The molecule has 4 nitrogen and oxygen atoms in total. The molecule has 2 rings (SSSR count). The quantitative estimate of drug-likeness (QED) is 0.627. The lowest BCUT2D eigenvalue weighted by Gasteiger charge is -2.08. The summed E-state index contributed by atoms with van der Waals surface area (Å²) in [5.74, 6) is -4.19. The van der Waals surface area contributed by atoms with Crippen molar-refractivity contribution in [2.45, 2.75) is 32.7 Å². The van der Waals surface area contributed by atoms with Crippen LogP contribution in [0.3, 0.4) is 0 Å². The van der Waals surface area contributed by atoms with Crippen LogP contribution < -0.4 is 0 Å². The standard InChI is InChI=1S/C14H13F3N4/c1-2-3-4-7-21-14(11(8-18)19-20-21)9-5-6-10(15)13(17)12(9)16/h5-6H,2-4,7H2,1H3. The van der Waals surface area contributed by atoms with Crippen molar-refractivity contribution in [3.8, 4) is 17.3 Å².